The minimum Gasteiger partial charge on any atom is -0.497 e. The number of hydrogen-bond donors (Lipinski definition) is 1. The fourth-order valence-electron chi connectivity index (χ4n) is 6.33. The molecule has 0 radical (unpaired) electrons. The van der Waals surface area contributed by atoms with E-state index in [9.17, 15) is 4.79 Å². The second-order valence-corrected chi connectivity index (χ2v) is 12.9. The van der Waals surface area contributed by atoms with Gasteiger partial charge in [-0.25, -0.2) is 14.8 Å². The van der Waals surface area contributed by atoms with E-state index in [1.165, 1.54) is 0 Å². The van der Waals surface area contributed by atoms with Crippen LogP contribution < -0.4 is 14.8 Å². The van der Waals surface area contributed by atoms with Gasteiger partial charge >= 0.3 is 6.09 Å². The lowest BCUT2D eigenvalue weighted by atomic mass is 10.0. The van der Waals surface area contributed by atoms with Crippen LogP contribution >= 0.6 is 0 Å². The van der Waals surface area contributed by atoms with E-state index in [1.54, 1.807) is 19.1 Å². The first-order valence-electron chi connectivity index (χ1n) is 16.3. The highest BCUT2D eigenvalue weighted by atomic mass is 16.6. The zero-order valence-corrected chi connectivity index (χ0v) is 28.0. The molecule has 2 aromatic heterocycles. The molecule has 242 valence electrons. The average molecular weight is 616 g/mol. The van der Waals surface area contributed by atoms with Gasteiger partial charge in [0, 0.05) is 56.0 Å². The van der Waals surface area contributed by atoms with E-state index in [0.717, 1.165) is 95.7 Å². The molecule has 2 heterocycles. The summed E-state index contributed by atoms with van der Waals surface area (Å²) >= 11 is 0. The number of rotatable bonds is 15. The van der Waals surface area contributed by atoms with Crippen LogP contribution in [0.25, 0.3) is 21.9 Å². The number of hydrogen-bond acceptors (Lipinski definition) is 7. The molecule has 5 rings (SSSR count). The van der Waals surface area contributed by atoms with Crippen LogP contribution in [0.5, 0.6) is 11.5 Å². The summed E-state index contributed by atoms with van der Waals surface area (Å²) in [7, 11) is 5.16. The lowest BCUT2D eigenvalue weighted by Gasteiger charge is -2.28. The van der Waals surface area contributed by atoms with Crippen molar-refractivity contribution in [3.8, 4) is 11.5 Å². The van der Waals surface area contributed by atoms with E-state index in [-0.39, 0.29) is 6.09 Å². The number of benzene rings is 2. The molecule has 1 N–H and O–H groups in total. The molecule has 9 nitrogen and oxygen atoms in total. The zero-order chi connectivity index (χ0) is 32.1. The van der Waals surface area contributed by atoms with E-state index in [1.807, 2.05) is 45.2 Å². The Balaban J connectivity index is 1.36. The number of ether oxygens (including phenoxy) is 3. The third-order valence-corrected chi connectivity index (χ3v) is 9.15. The Morgan fingerprint density at radius 2 is 1.87 bits per heavy atom. The first-order chi connectivity index (χ1) is 21.7. The third-order valence-electron chi connectivity index (χ3n) is 9.15. The number of carbonyl (C=O) groups excluding carboxylic acids is 1. The summed E-state index contributed by atoms with van der Waals surface area (Å²) in [5.41, 5.74) is 3.49. The van der Waals surface area contributed by atoms with Gasteiger partial charge in [0.1, 0.15) is 28.4 Å². The molecule has 9 heteroatoms. The Bertz CT molecular complexity index is 1630. The number of imidazole rings is 1. The van der Waals surface area contributed by atoms with Crippen LogP contribution in [0, 0.1) is 11.8 Å². The van der Waals surface area contributed by atoms with Crippen molar-refractivity contribution in [2.75, 3.05) is 33.1 Å². The molecular formula is C36H49N5O4. The van der Waals surface area contributed by atoms with Gasteiger partial charge in [-0.05, 0) is 63.6 Å². The minimum atomic E-state index is -0.423. The maximum Gasteiger partial charge on any atom is 0.410 e. The second kappa shape index (κ2) is 14.0. The highest BCUT2D eigenvalue weighted by Crippen LogP contribution is 2.47. The van der Waals surface area contributed by atoms with Crippen LogP contribution in [-0.2, 0) is 24.2 Å². The molecule has 1 amide bonds. The number of nitrogens with zero attached hydrogens (tertiary/aromatic N) is 4. The molecule has 0 bridgehead atoms. The molecule has 1 saturated carbocycles. The molecule has 1 aliphatic rings. The predicted octanol–water partition coefficient (Wildman–Crippen LogP) is 7.84. The van der Waals surface area contributed by atoms with Crippen LogP contribution in [0.2, 0.25) is 0 Å². The molecule has 1 unspecified atom stereocenters. The fourth-order valence-corrected chi connectivity index (χ4v) is 6.33. The van der Waals surface area contributed by atoms with E-state index in [4.69, 9.17) is 24.2 Å². The SMILES string of the molecule is CCCCc1nc2c(NCc3ccc(OC)cc3OC)nc3ccccc3c2n1CCCCN(C)C(=O)OC(C)(C)[C@H]1CC1C. The van der Waals surface area contributed by atoms with Crippen molar-refractivity contribution in [1.29, 1.82) is 0 Å². The van der Waals surface area contributed by atoms with Gasteiger partial charge < -0.3 is 29.0 Å². The minimum absolute atomic E-state index is 0.239. The second-order valence-electron chi connectivity index (χ2n) is 12.9. The molecule has 1 aliphatic carbocycles. The number of aryl methyl sites for hydroxylation is 2. The monoisotopic (exact) mass is 615 g/mol. The highest BCUT2D eigenvalue weighted by molar-refractivity contribution is 6.07. The Hall–Kier alpha value is -4.01. The molecule has 0 saturated heterocycles. The van der Waals surface area contributed by atoms with Crippen molar-refractivity contribution in [3.63, 3.8) is 0 Å². The van der Waals surface area contributed by atoms with E-state index in [0.29, 0.717) is 24.9 Å². The molecule has 1 fully saturated rings. The lowest BCUT2D eigenvalue weighted by Crippen LogP contribution is -2.38. The smallest absolute Gasteiger partial charge is 0.410 e. The number of nitrogens with one attached hydrogen (secondary N) is 1. The van der Waals surface area contributed by atoms with E-state index >= 15 is 0 Å². The van der Waals surface area contributed by atoms with Crippen LogP contribution in [0.1, 0.15) is 71.2 Å². The standard InChI is InChI=1S/C36H49N5O4/c1-8-9-16-31-39-32-33(41(31)20-13-12-19-40(5)35(42)45-36(3,4)28-21-24(28)2)27-14-10-11-15-29(27)38-34(32)37-23-25-17-18-26(43-6)22-30(25)44-7/h10-11,14-15,17-18,22,24,28H,8-9,12-13,16,19-21,23H2,1-7H3,(H,37,38)/t24?,28-/m0/s1. The summed E-state index contributed by atoms with van der Waals surface area (Å²) in [6.45, 7) is 10.5. The Kier molecular flexibility index (Phi) is 10.0. The van der Waals surface area contributed by atoms with Gasteiger partial charge in [-0.1, -0.05) is 38.5 Å². The van der Waals surface area contributed by atoms with Crippen molar-refractivity contribution in [3.05, 3.63) is 53.9 Å². The normalized spacial score (nSPS) is 16.2. The summed E-state index contributed by atoms with van der Waals surface area (Å²) in [5.74, 6) is 4.41. The van der Waals surface area contributed by atoms with Crippen molar-refractivity contribution in [1.82, 2.24) is 19.4 Å². The number of para-hydroxylation sites is 1. The van der Waals surface area contributed by atoms with Crippen molar-refractivity contribution in [2.45, 2.75) is 84.9 Å². The van der Waals surface area contributed by atoms with Gasteiger partial charge in [-0.15, -0.1) is 0 Å². The molecule has 4 aromatic rings. The number of amides is 1. The van der Waals surface area contributed by atoms with Gasteiger partial charge in [-0.3, -0.25) is 0 Å². The number of pyridine rings is 1. The predicted molar refractivity (Wildman–Crippen MR) is 180 cm³/mol. The lowest BCUT2D eigenvalue weighted by molar-refractivity contribution is 0.000577. The molecule has 2 aromatic carbocycles. The zero-order valence-electron chi connectivity index (χ0n) is 28.0. The summed E-state index contributed by atoms with van der Waals surface area (Å²) < 4.78 is 19.3. The summed E-state index contributed by atoms with van der Waals surface area (Å²) in [4.78, 5) is 24.8. The number of methoxy groups -OCH3 is 2. The third kappa shape index (κ3) is 7.29. The largest absolute Gasteiger partial charge is 0.497 e. The summed E-state index contributed by atoms with van der Waals surface area (Å²) in [5, 5.41) is 4.66. The molecule has 2 atom stereocenters. The molecule has 0 aliphatic heterocycles. The van der Waals surface area contributed by atoms with Crippen molar-refractivity contribution < 1.29 is 19.0 Å². The Labute approximate surface area is 267 Å². The number of aromatic nitrogens is 3. The first-order valence-corrected chi connectivity index (χ1v) is 16.3. The molecule has 45 heavy (non-hydrogen) atoms. The fraction of sp³-hybridized carbons (Fsp3) is 0.528. The Morgan fingerprint density at radius 1 is 1.09 bits per heavy atom. The van der Waals surface area contributed by atoms with Crippen LogP contribution in [0.3, 0.4) is 0 Å². The quantitative estimate of drug-likeness (QED) is 0.136. The van der Waals surface area contributed by atoms with Gasteiger partial charge in [0.05, 0.1) is 25.3 Å². The van der Waals surface area contributed by atoms with Crippen molar-refractivity contribution in [2.24, 2.45) is 11.8 Å². The van der Waals surface area contributed by atoms with Gasteiger partial charge in [0.2, 0.25) is 0 Å². The number of anilines is 1. The van der Waals surface area contributed by atoms with Gasteiger partial charge in [0.25, 0.3) is 0 Å². The van der Waals surface area contributed by atoms with Crippen LogP contribution in [0.15, 0.2) is 42.5 Å². The Morgan fingerprint density at radius 3 is 2.58 bits per heavy atom. The first kappa shape index (κ1) is 32.4. The van der Waals surface area contributed by atoms with Gasteiger partial charge in [-0.2, -0.15) is 0 Å². The highest BCUT2D eigenvalue weighted by Gasteiger charge is 2.47. The maximum absolute atomic E-state index is 12.8. The molecular weight excluding hydrogens is 566 g/mol. The number of unbranched alkanes of at least 4 members (excludes halogenated alkanes) is 2. The number of fused-ring (bicyclic) bond motifs is 3. The number of carbonyl (C=O) groups is 1. The van der Waals surface area contributed by atoms with Crippen LogP contribution in [-0.4, -0.2) is 58.9 Å². The summed E-state index contributed by atoms with van der Waals surface area (Å²) in [6.07, 6.45) is 5.71. The topological polar surface area (TPSA) is 90.7 Å². The molecule has 0 spiro atoms. The van der Waals surface area contributed by atoms with Crippen molar-refractivity contribution >= 4 is 33.8 Å². The van der Waals surface area contributed by atoms with Crippen LogP contribution in [0.4, 0.5) is 10.6 Å². The van der Waals surface area contributed by atoms with E-state index < -0.39 is 5.60 Å². The average Bonchev–Trinajstić information content (AvgIpc) is 3.68. The maximum atomic E-state index is 12.8. The van der Waals surface area contributed by atoms with E-state index in [2.05, 4.69) is 41.9 Å². The summed E-state index contributed by atoms with van der Waals surface area (Å²) in [6, 6.07) is 14.1. The van der Waals surface area contributed by atoms with Gasteiger partial charge in [0.15, 0.2) is 5.82 Å².